The minimum absolute atomic E-state index is 0.122. The molecule has 0 aliphatic carbocycles. The maximum atomic E-state index is 12.6. The number of rotatable bonds is 8. The smallest absolute Gasteiger partial charge is 0.338 e. The fraction of sp³-hybridized carbons (Fsp3) is 0.259. The van der Waals surface area contributed by atoms with E-state index in [2.05, 4.69) is 5.32 Å². The number of methoxy groups -OCH3 is 1. The third-order valence-corrected chi connectivity index (χ3v) is 5.83. The molecule has 2 aromatic heterocycles. The minimum atomic E-state index is -0.383. The number of esters is 1. The van der Waals surface area contributed by atoms with Gasteiger partial charge in [0.25, 0.3) is 0 Å². The van der Waals surface area contributed by atoms with Crippen molar-refractivity contribution in [3.63, 3.8) is 0 Å². The molecular formula is C27H28N4O4. The molecule has 0 fully saturated rings. The first-order chi connectivity index (χ1) is 16.9. The molecule has 0 spiro atoms. The Bertz CT molecular complexity index is 1380. The van der Waals surface area contributed by atoms with Crippen LogP contribution in [0.2, 0.25) is 0 Å². The normalized spacial score (nSPS) is 10.9. The summed E-state index contributed by atoms with van der Waals surface area (Å²) in [5.41, 5.74) is 6.29. The standard InChI is InChI=1S/C27H28N4O4/c1-5-35-27(33)19-10-12-20(13-11-19)29-26(32)15-14-21-17(2)28-25-16-23(30-31(25)18(21)3)22-8-6-7-9-24(22)34-4/h6-13,16H,5,14-15H2,1-4H3,(H,29,32). The maximum Gasteiger partial charge on any atom is 0.338 e. The number of carbonyl (C=O) groups is 2. The number of benzene rings is 2. The van der Waals surface area contributed by atoms with Gasteiger partial charge >= 0.3 is 5.97 Å². The molecule has 1 amide bonds. The number of aromatic nitrogens is 3. The predicted molar refractivity (Wildman–Crippen MR) is 134 cm³/mol. The number of amides is 1. The van der Waals surface area contributed by atoms with Gasteiger partial charge in [0.1, 0.15) is 5.75 Å². The highest BCUT2D eigenvalue weighted by Crippen LogP contribution is 2.30. The first-order valence-corrected chi connectivity index (χ1v) is 11.5. The second-order valence-electron chi connectivity index (χ2n) is 8.11. The molecule has 2 heterocycles. The third kappa shape index (κ3) is 5.16. The van der Waals surface area contributed by atoms with Gasteiger partial charge < -0.3 is 14.8 Å². The lowest BCUT2D eigenvalue weighted by molar-refractivity contribution is -0.116. The van der Waals surface area contributed by atoms with Crippen LogP contribution in [-0.2, 0) is 16.0 Å². The lowest BCUT2D eigenvalue weighted by atomic mass is 10.1. The van der Waals surface area contributed by atoms with Crippen molar-refractivity contribution in [2.24, 2.45) is 0 Å². The quantitative estimate of drug-likeness (QED) is 0.371. The Morgan fingerprint density at radius 2 is 1.80 bits per heavy atom. The summed E-state index contributed by atoms with van der Waals surface area (Å²) in [6, 6.07) is 16.3. The highest BCUT2D eigenvalue weighted by atomic mass is 16.5. The molecular weight excluding hydrogens is 444 g/mol. The van der Waals surface area contributed by atoms with Gasteiger partial charge in [-0.25, -0.2) is 14.3 Å². The van der Waals surface area contributed by atoms with Crippen LogP contribution < -0.4 is 10.1 Å². The Morgan fingerprint density at radius 3 is 2.51 bits per heavy atom. The average Bonchev–Trinajstić information content (AvgIpc) is 3.28. The van der Waals surface area contributed by atoms with Crippen molar-refractivity contribution >= 4 is 23.2 Å². The van der Waals surface area contributed by atoms with Crippen LogP contribution in [0.15, 0.2) is 54.6 Å². The Hall–Kier alpha value is -4.20. The first-order valence-electron chi connectivity index (χ1n) is 11.5. The summed E-state index contributed by atoms with van der Waals surface area (Å²) in [6.45, 7) is 6.01. The number of ether oxygens (including phenoxy) is 2. The van der Waals surface area contributed by atoms with Gasteiger partial charge in [-0.2, -0.15) is 5.10 Å². The fourth-order valence-corrected chi connectivity index (χ4v) is 4.04. The van der Waals surface area contributed by atoms with Crippen molar-refractivity contribution in [1.29, 1.82) is 0 Å². The number of para-hydroxylation sites is 1. The molecule has 8 nitrogen and oxygen atoms in total. The van der Waals surface area contributed by atoms with Crippen molar-refractivity contribution in [2.45, 2.75) is 33.6 Å². The molecule has 2 aromatic carbocycles. The summed E-state index contributed by atoms with van der Waals surface area (Å²) in [4.78, 5) is 29.1. The van der Waals surface area contributed by atoms with E-state index in [0.29, 0.717) is 24.3 Å². The summed E-state index contributed by atoms with van der Waals surface area (Å²) in [5, 5.41) is 7.64. The van der Waals surface area contributed by atoms with Crippen LogP contribution in [0.1, 0.15) is 40.7 Å². The Morgan fingerprint density at radius 1 is 1.06 bits per heavy atom. The van der Waals surface area contributed by atoms with Crippen molar-refractivity contribution in [3.8, 4) is 17.0 Å². The molecule has 8 heteroatoms. The number of fused-ring (bicyclic) bond motifs is 1. The monoisotopic (exact) mass is 472 g/mol. The molecule has 0 aliphatic heterocycles. The Labute approximate surface area is 203 Å². The molecule has 0 radical (unpaired) electrons. The number of anilines is 1. The molecule has 0 unspecified atom stereocenters. The molecule has 1 N–H and O–H groups in total. The van der Waals surface area contributed by atoms with Gasteiger partial charge in [-0.3, -0.25) is 4.79 Å². The minimum Gasteiger partial charge on any atom is -0.496 e. The summed E-state index contributed by atoms with van der Waals surface area (Å²) in [5.74, 6) is 0.243. The van der Waals surface area contributed by atoms with Crippen molar-refractivity contribution < 1.29 is 19.1 Å². The third-order valence-electron chi connectivity index (χ3n) is 5.83. The van der Waals surface area contributed by atoms with Crippen molar-refractivity contribution in [3.05, 3.63) is 77.1 Å². The van der Waals surface area contributed by atoms with Crippen molar-refractivity contribution in [1.82, 2.24) is 14.6 Å². The zero-order chi connectivity index (χ0) is 24.9. The van der Waals surface area contributed by atoms with E-state index in [1.165, 1.54) is 0 Å². The zero-order valence-electron chi connectivity index (χ0n) is 20.3. The lowest BCUT2D eigenvalue weighted by Gasteiger charge is -2.11. The van der Waals surface area contributed by atoms with E-state index >= 15 is 0 Å². The van der Waals surface area contributed by atoms with Crippen LogP contribution in [-0.4, -0.2) is 40.2 Å². The molecule has 4 rings (SSSR count). The van der Waals surface area contributed by atoms with Crippen LogP contribution in [0.5, 0.6) is 5.75 Å². The summed E-state index contributed by atoms with van der Waals surface area (Å²) in [7, 11) is 1.64. The van der Waals surface area contributed by atoms with Crippen LogP contribution in [0.3, 0.4) is 0 Å². The SMILES string of the molecule is CCOC(=O)c1ccc(NC(=O)CCc2c(C)nc3cc(-c4ccccc4OC)nn3c2C)cc1. The van der Waals surface area contributed by atoms with E-state index in [0.717, 1.165) is 39.6 Å². The predicted octanol–water partition coefficient (Wildman–Crippen LogP) is 4.77. The van der Waals surface area contributed by atoms with Gasteiger partial charge in [0, 0.05) is 35.1 Å². The molecule has 35 heavy (non-hydrogen) atoms. The number of nitrogens with one attached hydrogen (secondary N) is 1. The van der Waals surface area contributed by atoms with Gasteiger partial charge in [0.2, 0.25) is 5.91 Å². The highest BCUT2D eigenvalue weighted by molar-refractivity contribution is 5.93. The Kier molecular flexibility index (Phi) is 7.10. The molecule has 4 aromatic rings. The number of hydrogen-bond donors (Lipinski definition) is 1. The summed E-state index contributed by atoms with van der Waals surface area (Å²) in [6.07, 6.45) is 0.812. The molecule has 180 valence electrons. The second kappa shape index (κ2) is 10.4. The van der Waals surface area contributed by atoms with Crippen LogP contribution in [0.4, 0.5) is 5.69 Å². The van der Waals surface area contributed by atoms with Gasteiger partial charge in [0.05, 0.1) is 25.0 Å². The van der Waals surface area contributed by atoms with E-state index in [1.807, 2.05) is 48.7 Å². The van der Waals surface area contributed by atoms with Crippen LogP contribution in [0.25, 0.3) is 16.9 Å². The topological polar surface area (TPSA) is 94.8 Å². The fourth-order valence-electron chi connectivity index (χ4n) is 4.04. The molecule has 0 saturated heterocycles. The van der Waals surface area contributed by atoms with E-state index < -0.39 is 0 Å². The first kappa shape index (κ1) is 23.9. The average molecular weight is 473 g/mol. The molecule has 0 aliphatic rings. The number of aryl methyl sites for hydroxylation is 2. The van der Waals surface area contributed by atoms with E-state index in [-0.39, 0.29) is 18.3 Å². The van der Waals surface area contributed by atoms with Gasteiger partial charge in [-0.1, -0.05) is 12.1 Å². The molecule has 0 saturated carbocycles. The van der Waals surface area contributed by atoms with Gasteiger partial charge in [0.15, 0.2) is 5.65 Å². The molecule has 0 atom stereocenters. The summed E-state index contributed by atoms with van der Waals surface area (Å²) < 4.78 is 12.3. The highest BCUT2D eigenvalue weighted by Gasteiger charge is 2.16. The largest absolute Gasteiger partial charge is 0.496 e. The van der Waals surface area contributed by atoms with Gasteiger partial charge in [-0.05, 0) is 69.2 Å². The van der Waals surface area contributed by atoms with Crippen LogP contribution in [0, 0.1) is 13.8 Å². The lowest BCUT2D eigenvalue weighted by Crippen LogP contribution is -2.14. The van der Waals surface area contributed by atoms with Gasteiger partial charge in [-0.15, -0.1) is 0 Å². The zero-order valence-corrected chi connectivity index (χ0v) is 20.3. The number of hydrogen-bond acceptors (Lipinski definition) is 6. The van der Waals surface area contributed by atoms with E-state index in [1.54, 1.807) is 38.3 Å². The van der Waals surface area contributed by atoms with E-state index in [4.69, 9.17) is 19.6 Å². The summed E-state index contributed by atoms with van der Waals surface area (Å²) >= 11 is 0. The number of nitrogens with zero attached hydrogens (tertiary/aromatic N) is 3. The second-order valence-corrected chi connectivity index (χ2v) is 8.11. The van der Waals surface area contributed by atoms with Crippen LogP contribution >= 0.6 is 0 Å². The number of carbonyl (C=O) groups excluding carboxylic acids is 2. The Balaban J connectivity index is 1.48. The maximum absolute atomic E-state index is 12.6. The van der Waals surface area contributed by atoms with E-state index in [9.17, 15) is 9.59 Å². The van der Waals surface area contributed by atoms with Crippen molar-refractivity contribution in [2.75, 3.05) is 19.0 Å². The molecule has 0 bridgehead atoms.